The standard InChI is InChI=1S/C12H17ClN2O2/c13-11-3-1-10(2-4-11)5-7-15-12(16)9-17-8-6-14/h1-4H,5-9,14H2,(H,15,16). The zero-order chi connectivity index (χ0) is 12.5. The molecule has 4 nitrogen and oxygen atoms in total. The van der Waals surface area contributed by atoms with E-state index >= 15 is 0 Å². The van der Waals surface area contributed by atoms with E-state index in [4.69, 9.17) is 22.1 Å². The first-order chi connectivity index (χ1) is 8.22. The molecule has 5 heteroatoms. The lowest BCUT2D eigenvalue weighted by atomic mass is 10.1. The first kappa shape index (κ1) is 14.0. The minimum absolute atomic E-state index is 0.0673. The third-order valence-corrected chi connectivity index (χ3v) is 2.40. The number of hydrogen-bond donors (Lipinski definition) is 2. The summed E-state index contributed by atoms with van der Waals surface area (Å²) < 4.78 is 5.01. The van der Waals surface area contributed by atoms with Gasteiger partial charge in [0.05, 0.1) is 6.61 Å². The van der Waals surface area contributed by atoms with Gasteiger partial charge in [-0.3, -0.25) is 4.79 Å². The number of rotatable bonds is 7. The summed E-state index contributed by atoms with van der Waals surface area (Å²) >= 11 is 5.77. The van der Waals surface area contributed by atoms with Crippen LogP contribution in [-0.4, -0.2) is 32.2 Å². The highest BCUT2D eigenvalue weighted by Crippen LogP contribution is 2.09. The lowest BCUT2D eigenvalue weighted by Crippen LogP contribution is -2.30. The molecular weight excluding hydrogens is 240 g/mol. The van der Waals surface area contributed by atoms with Crippen LogP contribution in [0.5, 0.6) is 0 Å². The number of ether oxygens (including phenoxy) is 1. The average molecular weight is 257 g/mol. The van der Waals surface area contributed by atoms with Crippen molar-refractivity contribution < 1.29 is 9.53 Å². The van der Waals surface area contributed by atoms with Gasteiger partial charge >= 0.3 is 0 Å². The van der Waals surface area contributed by atoms with Crippen LogP contribution in [0, 0.1) is 0 Å². The molecule has 0 saturated carbocycles. The Morgan fingerprint density at radius 1 is 1.35 bits per heavy atom. The van der Waals surface area contributed by atoms with E-state index < -0.39 is 0 Å². The van der Waals surface area contributed by atoms with Crippen molar-refractivity contribution >= 4 is 17.5 Å². The van der Waals surface area contributed by atoms with Crippen LogP contribution in [-0.2, 0) is 16.0 Å². The molecule has 0 unspecified atom stereocenters. The van der Waals surface area contributed by atoms with E-state index in [2.05, 4.69) is 5.32 Å². The van der Waals surface area contributed by atoms with Gasteiger partial charge in [-0.25, -0.2) is 0 Å². The Morgan fingerprint density at radius 2 is 2.06 bits per heavy atom. The highest BCUT2D eigenvalue weighted by atomic mass is 35.5. The summed E-state index contributed by atoms with van der Waals surface area (Å²) in [5.74, 6) is -0.118. The van der Waals surface area contributed by atoms with Gasteiger partial charge in [-0.1, -0.05) is 23.7 Å². The fourth-order valence-electron chi connectivity index (χ4n) is 1.30. The van der Waals surface area contributed by atoms with Gasteiger partial charge in [0.1, 0.15) is 6.61 Å². The van der Waals surface area contributed by atoms with Gasteiger partial charge in [0.15, 0.2) is 0 Å². The predicted molar refractivity (Wildman–Crippen MR) is 68.0 cm³/mol. The van der Waals surface area contributed by atoms with Crippen molar-refractivity contribution in [1.29, 1.82) is 0 Å². The maximum absolute atomic E-state index is 11.3. The molecule has 0 heterocycles. The van der Waals surface area contributed by atoms with Gasteiger partial charge in [0.2, 0.25) is 5.91 Å². The summed E-state index contributed by atoms with van der Waals surface area (Å²) in [6.07, 6.45) is 0.778. The Morgan fingerprint density at radius 3 is 2.71 bits per heavy atom. The number of amides is 1. The molecule has 94 valence electrons. The summed E-state index contributed by atoms with van der Waals surface area (Å²) in [4.78, 5) is 11.3. The van der Waals surface area contributed by atoms with Gasteiger partial charge in [0, 0.05) is 18.1 Å². The van der Waals surface area contributed by atoms with Gasteiger partial charge in [-0.05, 0) is 24.1 Å². The average Bonchev–Trinajstić information content (AvgIpc) is 2.32. The van der Waals surface area contributed by atoms with Crippen LogP contribution in [0.25, 0.3) is 0 Å². The third-order valence-electron chi connectivity index (χ3n) is 2.14. The molecular formula is C12H17ClN2O2. The highest BCUT2D eigenvalue weighted by molar-refractivity contribution is 6.30. The Bertz CT molecular complexity index is 341. The van der Waals surface area contributed by atoms with Gasteiger partial charge in [-0.2, -0.15) is 0 Å². The zero-order valence-corrected chi connectivity index (χ0v) is 10.4. The van der Waals surface area contributed by atoms with Crippen LogP contribution < -0.4 is 11.1 Å². The molecule has 0 aliphatic heterocycles. The van der Waals surface area contributed by atoms with Crippen LogP contribution >= 0.6 is 11.6 Å². The Kier molecular flexibility index (Phi) is 6.62. The second kappa shape index (κ2) is 8.06. The number of hydrogen-bond acceptors (Lipinski definition) is 3. The predicted octanol–water partition coefficient (Wildman–Crippen LogP) is 0.974. The van der Waals surface area contributed by atoms with Crippen molar-refractivity contribution in [2.45, 2.75) is 6.42 Å². The molecule has 17 heavy (non-hydrogen) atoms. The van der Waals surface area contributed by atoms with E-state index in [1.165, 1.54) is 0 Å². The van der Waals surface area contributed by atoms with Crippen LogP contribution in [0.15, 0.2) is 24.3 Å². The summed E-state index contributed by atoms with van der Waals surface area (Å²) in [5, 5.41) is 3.48. The molecule has 1 amide bonds. The van der Waals surface area contributed by atoms with Crippen molar-refractivity contribution in [2.75, 3.05) is 26.3 Å². The second-order valence-corrected chi connectivity index (χ2v) is 4.00. The number of carbonyl (C=O) groups excluding carboxylic acids is 1. The largest absolute Gasteiger partial charge is 0.370 e. The fraction of sp³-hybridized carbons (Fsp3) is 0.417. The molecule has 0 radical (unpaired) electrons. The van der Waals surface area contributed by atoms with Crippen LogP contribution in [0.1, 0.15) is 5.56 Å². The molecule has 0 spiro atoms. The van der Waals surface area contributed by atoms with E-state index in [9.17, 15) is 4.79 Å². The van der Waals surface area contributed by atoms with Crippen molar-refractivity contribution in [3.8, 4) is 0 Å². The zero-order valence-electron chi connectivity index (χ0n) is 9.62. The van der Waals surface area contributed by atoms with E-state index in [0.717, 1.165) is 12.0 Å². The highest BCUT2D eigenvalue weighted by Gasteiger charge is 2.00. The van der Waals surface area contributed by atoms with Gasteiger partial charge in [-0.15, -0.1) is 0 Å². The molecule has 0 aliphatic carbocycles. The minimum Gasteiger partial charge on any atom is -0.370 e. The van der Waals surface area contributed by atoms with Crippen LogP contribution in [0.2, 0.25) is 5.02 Å². The smallest absolute Gasteiger partial charge is 0.246 e. The van der Waals surface area contributed by atoms with Crippen molar-refractivity contribution in [3.05, 3.63) is 34.9 Å². The monoisotopic (exact) mass is 256 g/mol. The first-order valence-corrected chi connectivity index (χ1v) is 5.89. The maximum atomic E-state index is 11.3. The molecule has 0 aliphatic rings. The van der Waals surface area contributed by atoms with Crippen LogP contribution in [0.4, 0.5) is 0 Å². The molecule has 0 aromatic heterocycles. The number of benzene rings is 1. The number of nitrogens with two attached hydrogens (primary N) is 1. The van der Waals surface area contributed by atoms with E-state index in [-0.39, 0.29) is 12.5 Å². The molecule has 0 atom stereocenters. The molecule has 0 fully saturated rings. The third kappa shape index (κ3) is 6.26. The summed E-state index contributed by atoms with van der Waals surface area (Å²) in [6, 6.07) is 7.56. The Hall–Kier alpha value is -1.10. The summed E-state index contributed by atoms with van der Waals surface area (Å²) in [6.45, 7) is 1.49. The molecule has 1 rings (SSSR count). The van der Waals surface area contributed by atoms with Crippen molar-refractivity contribution in [1.82, 2.24) is 5.32 Å². The molecule has 3 N–H and O–H groups in total. The first-order valence-electron chi connectivity index (χ1n) is 5.51. The van der Waals surface area contributed by atoms with Gasteiger partial charge < -0.3 is 15.8 Å². The maximum Gasteiger partial charge on any atom is 0.246 e. The van der Waals surface area contributed by atoms with E-state index in [0.29, 0.717) is 24.7 Å². The lowest BCUT2D eigenvalue weighted by molar-refractivity contribution is -0.125. The van der Waals surface area contributed by atoms with Crippen LogP contribution in [0.3, 0.4) is 0 Å². The van der Waals surface area contributed by atoms with E-state index in [1.54, 1.807) is 0 Å². The number of halogens is 1. The second-order valence-electron chi connectivity index (χ2n) is 3.57. The van der Waals surface area contributed by atoms with E-state index in [1.807, 2.05) is 24.3 Å². The summed E-state index contributed by atoms with van der Waals surface area (Å²) in [5.41, 5.74) is 6.37. The Labute approximate surface area is 106 Å². The molecule has 1 aromatic rings. The summed E-state index contributed by atoms with van der Waals surface area (Å²) in [7, 11) is 0. The Balaban J connectivity index is 2.14. The van der Waals surface area contributed by atoms with Gasteiger partial charge in [0.25, 0.3) is 0 Å². The van der Waals surface area contributed by atoms with Crippen molar-refractivity contribution in [2.24, 2.45) is 5.73 Å². The van der Waals surface area contributed by atoms with Crippen molar-refractivity contribution in [3.63, 3.8) is 0 Å². The molecule has 0 bridgehead atoms. The molecule has 0 saturated heterocycles. The topological polar surface area (TPSA) is 64.3 Å². The lowest BCUT2D eigenvalue weighted by Gasteiger charge is -2.05. The normalized spacial score (nSPS) is 10.2. The fourth-order valence-corrected chi connectivity index (χ4v) is 1.42. The SMILES string of the molecule is NCCOCC(=O)NCCc1ccc(Cl)cc1. The number of carbonyl (C=O) groups is 1. The quantitative estimate of drug-likeness (QED) is 0.715. The number of nitrogens with one attached hydrogen (secondary N) is 1. The molecule has 1 aromatic carbocycles. The minimum atomic E-state index is -0.118.